The van der Waals surface area contributed by atoms with Crippen LogP contribution in [-0.4, -0.2) is 31.9 Å². The third-order valence-corrected chi connectivity index (χ3v) is 3.29. The fraction of sp³-hybridized carbons (Fsp3) is 0.286. The van der Waals surface area contributed by atoms with Gasteiger partial charge < -0.3 is 10.1 Å². The number of ether oxygens (including phenoxy) is 1. The summed E-state index contributed by atoms with van der Waals surface area (Å²) < 4.78 is 6.70. The van der Waals surface area contributed by atoms with Crippen LogP contribution < -0.4 is 10.1 Å². The Morgan fingerprint density at radius 3 is 2.73 bits per heavy atom. The van der Waals surface area contributed by atoms with Crippen LogP contribution in [0.25, 0.3) is 5.65 Å². The van der Waals surface area contributed by atoms with Crippen molar-refractivity contribution >= 4 is 28.6 Å². The first-order chi connectivity index (χ1) is 10.6. The van der Waals surface area contributed by atoms with Crippen LogP contribution in [0, 0.1) is 0 Å². The Balaban J connectivity index is 2.02. The number of pyridine rings is 1. The summed E-state index contributed by atoms with van der Waals surface area (Å²) >= 11 is 6.11. The number of methoxy groups -OCH3 is 1. The summed E-state index contributed by atoms with van der Waals surface area (Å²) in [6, 6.07) is 5.34. The van der Waals surface area contributed by atoms with E-state index in [4.69, 9.17) is 16.3 Å². The van der Waals surface area contributed by atoms with E-state index in [1.54, 1.807) is 30.0 Å². The number of hydrogen-bond donors (Lipinski definition) is 1. The smallest absolute Gasteiger partial charge is 0.213 e. The average Bonchev–Trinajstić information content (AvgIpc) is 2.92. The minimum absolute atomic E-state index is 0.191. The number of rotatable bonds is 4. The van der Waals surface area contributed by atoms with Crippen LogP contribution in [0.2, 0.25) is 5.15 Å². The normalized spacial score (nSPS) is 11.1. The SMILES string of the molecule is COc1ccc(Nc2cc(Cl)nn3c(C(C)C)nnc23)cn1. The second-order valence-electron chi connectivity index (χ2n) is 5.04. The van der Waals surface area contributed by atoms with Gasteiger partial charge in [0.2, 0.25) is 11.5 Å². The molecule has 3 aromatic heterocycles. The van der Waals surface area contributed by atoms with Crippen LogP contribution in [0.1, 0.15) is 25.6 Å². The molecule has 0 aliphatic rings. The predicted octanol–water partition coefficient (Wildman–Crippen LogP) is 3.05. The van der Waals surface area contributed by atoms with Gasteiger partial charge in [0.1, 0.15) is 0 Å². The molecule has 0 radical (unpaired) electrons. The number of halogens is 1. The lowest BCUT2D eigenvalue weighted by atomic mass is 10.2. The van der Waals surface area contributed by atoms with Gasteiger partial charge in [0.15, 0.2) is 11.0 Å². The van der Waals surface area contributed by atoms with Crippen molar-refractivity contribution in [1.29, 1.82) is 0 Å². The zero-order chi connectivity index (χ0) is 15.7. The summed E-state index contributed by atoms with van der Waals surface area (Å²) in [7, 11) is 1.57. The molecule has 0 saturated carbocycles. The van der Waals surface area contributed by atoms with Gasteiger partial charge in [-0.15, -0.1) is 10.2 Å². The lowest BCUT2D eigenvalue weighted by Gasteiger charge is -2.09. The van der Waals surface area contributed by atoms with Crippen LogP contribution in [0.4, 0.5) is 11.4 Å². The standard InChI is InChI=1S/C14H15ClN6O/c1-8(2)13-18-19-14-10(6-11(15)20-21(13)14)17-9-4-5-12(22-3)16-7-9/h4-8,17H,1-3H3. The minimum atomic E-state index is 0.191. The van der Waals surface area contributed by atoms with Gasteiger partial charge in [0.25, 0.3) is 0 Å². The highest BCUT2D eigenvalue weighted by Crippen LogP contribution is 2.25. The lowest BCUT2D eigenvalue weighted by Crippen LogP contribution is -2.03. The molecule has 0 aliphatic heterocycles. The Labute approximate surface area is 132 Å². The van der Waals surface area contributed by atoms with Gasteiger partial charge in [-0.25, -0.2) is 4.98 Å². The van der Waals surface area contributed by atoms with Crippen molar-refractivity contribution in [2.45, 2.75) is 19.8 Å². The predicted molar refractivity (Wildman–Crippen MR) is 84.0 cm³/mol. The Hall–Kier alpha value is -2.41. The number of fused-ring (bicyclic) bond motifs is 1. The van der Waals surface area contributed by atoms with E-state index in [2.05, 4.69) is 25.6 Å². The Morgan fingerprint density at radius 2 is 2.09 bits per heavy atom. The molecule has 7 nitrogen and oxygen atoms in total. The van der Waals surface area contributed by atoms with Gasteiger partial charge in [-0.3, -0.25) is 0 Å². The first-order valence-electron chi connectivity index (χ1n) is 6.77. The summed E-state index contributed by atoms with van der Waals surface area (Å²) in [5.41, 5.74) is 2.12. The van der Waals surface area contributed by atoms with Gasteiger partial charge in [-0.05, 0) is 6.07 Å². The molecule has 22 heavy (non-hydrogen) atoms. The van der Waals surface area contributed by atoms with Gasteiger partial charge in [-0.1, -0.05) is 25.4 Å². The van der Waals surface area contributed by atoms with E-state index in [0.29, 0.717) is 22.4 Å². The highest BCUT2D eigenvalue weighted by Gasteiger charge is 2.15. The van der Waals surface area contributed by atoms with Crippen molar-refractivity contribution in [1.82, 2.24) is 24.8 Å². The quantitative estimate of drug-likeness (QED) is 0.796. The molecule has 0 aliphatic carbocycles. The highest BCUT2D eigenvalue weighted by molar-refractivity contribution is 6.29. The van der Waals surface area contributed by atoms with E-state index >= 15 is 0 Å². The van der Waals surface area contributed by atoms with Gasteiger partial charge in [0, 0.05) is 18.1 Å². The molecule has 0 spiro atoms. The zero-order valence-corrected chi connectivity index (χ0v) is 13.2. The van der Waals surface area contributed by atoms with Gasteiger partial charge in [-0.2, -0.15) is 9.61 Å². The van der Waals surface area contributed by atoms with Crippen molar-refractivity contribution in [3.8, 4) is 5.88 Å². The van der Waals surface area contributed by atoms with Crippen molar-refractivity contribution in [3.05, 3.63) is 35.4 Å². The summed E-state index contributed by atoms with van der Waals surface area (Å²) in [5.74, 6) is 1.50. The largest absolute Gasteiger partial charge is 0.481 e. The molecule has 0 bridgehead atoms. The molecule has 0 fully saturated rings. The number of hydrogen-bond acceptors (Lipinski definition) is 6. The summed E-state index contributed by atoms with van der Waals surface area (Å²) in [6.07, 6.45) is 1.67. The second kappa shape index (κ2) is 5.76. The molecule has 3 heterocycles. The summed E-state index contributed by atoms with van der Waals surface area (Å²) in [5, 5.41) is 16.2. The molecule has 0 amide bonds. The first-order valence-corrected chi connectivity index (χ1v) is 7.15. The Kier molecular flexibility index (Phi) is 3.81. The van der Waals surface area contributed by atoms with E-state index in [-0.39, 0.29) is 5.92 Å². The molecular weight excluding hydrogens is 304 g/mol. The van der Waals surface area contributed by atoms with E-state index in [1.165, 1.54) is 0 Å². The van der Waals surface area contributed by atoms with E-state index in [0.717, 1.165) is 11.5 Å². The molecule has 114 valence electrons. The maximum absolute atomic E-state index is 6.11. The molecule has 0 unspecified atom stereocenters. The first kappa shape index (κ1) is 14.5. The van der Waals surface area contributed by atoms with Crippen LogP contribution >= 0.6 is 11.6 Å². The monoisotopic (exact) mass is 318 g/mol. The Bertz CT molecular complexity index is 799. The summed E-state index contributed by atoms with van der Waals surface area (Å²) in [4.78, 5) is 4.15. The fourth-order valence-electron chi connectivity index (χ4n) is 2.05. The third kappa shape index (κ3) is 2.67. The van der Waals surface area contributed by atoms with E-state index < -0.39 is 0 Å². The summed E-state index contributed by atoms with van der Waals surface area (Å²) in [6.45, 7) is 4.05. The molecule has 0 aromatic carbocycles. The van der Waals surface area contributed by atoms with E-state index in [1.807, 2.05) is 19.9 Å². The van der Waals surface area contributed by atoms with Gasteiger partial charge in [0.05, 0.1) is 24.7 Å². The van der Waals surface area contributed by atoms with Crippen LogP contribution in [0.3, 0.4) is 0 Å². The van der Waals surface area contributed by atoms with Crippen molar-refractivity contribution in [2.24, 2.45) is 0 Å². The third-order valence-electron chi connectivity index (χ3n) is 3.11. The molecule has 3 rings (SSSR count). The topological polar surface area (TPSA) is 77.2 Å². The Morgan fingerprint density at radius 1 is 1.27 bits per heavy atom. The second-order valence-corrected chi connectivity index (χ2v) is 5.43. The molecule has 1 N–H and O–H groups in total. The fourth-order valence-corrected chi connectivity index (χ4v) is 2.23. The average molecular weight is 319 g/mol. The number of aromatic nitrogens is 5. The van der Waals surface area contributed by atoms with Crippen LogP contribution in [0.15, 0.2) is 24.4 Å². The van der Waals surface area contributed by atoms with Gasteiger partial charge >= 0.3 is 0 Å². The molecule has 0 atom stereocenters. The minimum Gasteiger partial charge on any atom is -0.481 e. The van der Waals surface area contributed by atoms with Crippen LogP contribution in [-0.2, 0) is 0 Å². The molecule has 8 heteroatoms. The van der Waals surface area contributed by atoms with E-state index in [9.17, 15) is 0 Å². The number of nitrogens with one attached hydrogen (secondary N) is 1. The maximum Gasteiger partial charge on any atom is 0.213 e. The number of anilines is 2. The highest BCUT2D eigenvalue weighted by atomic mass is 35.5. The van der Waals surface area contributed by atoms with Crippen LogP contribution in [0.5, 0.6) is 5.88 Å². The van der Waals surface area contributed by atoms with Crippen molar-refractivity contribution in [2.75, 3.05) is 12.4 Å². The lowest BCUT2D eigenvalue weighted by molar-refractivity contribution is 0.398. The number of nitrogens with zero attached hydrogens (tertiary/aromatic N) is 5. The van der Waals surface area contributed by atoms with Crippen molar-refractivity contribution in [3.63, 3.8) is 0 Å². The maximum atomic E-state index is 6.11. The molecular formula is C14H15ClN6O. The molecule has 0 saturated heterocycles. The zero-order valence-electron chi connectivity index (χ0n) is 12.4. The van der Waals surface area contributed by atoms with Crippen molar-refractivity contribution < 1.29 is 4.74 Å². The molecule has 3 aromatic rings.